The summed E-state index contributed by atoms with van der Waals surface area (Å²) in [4.78, 5) is 2.74. The van der Waals surface area contributed by atoms with Gasteiger partial charge in [0.25, 0.3) is 0 Å². The molecular weight excluding hydrogens is 430 g/mol. The maximum Gasteiger partial charge on any atom is 0.0314 e. The minimum atomic E-state index is 0.497. The fraction of sp³-hybridized carbons (Fsp3) is 0.375. The summed E-state index contributed by atoms with van der Waals surface area (Å²) in [5, 5.41) is 5.82. The van der Waals surface area contributed by atoms with Crippen molar-refractivity contribution in [1.29, 1.82) is 0 Å². The van der Waals surface area contributed by atoms with Crippen molar-refractivity contribution in [3.05, 3.63) is 49.5 Å². The molecule has 1 nitrogen and oxygen atoms in total. The molecule has 0 amide bonds. The first-order valence-electron chi connectivity index (χ1n) is 7.03. The van der Waals surface area contributed by atoms with E-state index in [9.17, 15) is 0 Å². The van der Waals surface area contributed by atoms with E-state index in [0.29, 0.717) is 6.04 Å². The van der Waals surface area contributed by atoms with Crippen LogP contribution in [0.5, 0.6) is 0 Å². The molecule has 0 bridgehead atoms. The molecule has 0 aliphatic carbocycles. The predicted octanol–water partition coefficient (Wildman–Crippen LogP) is 5.98. The molecule has 0 saturated carbocycles. The lowest BCUT2D eigenvalue weighted by Crippen LogP contribution is -2.33. The van der Waals surface area contributed by atoms with Crippen LogP contribution < -0.4 is 5.32 Å². The van der Waals surface area contributed by atoms with Crippen LogP contribution in [-0.4, -0.2) is 18.3 Å². The Morgan fingerprint density at radius 1 is 1.19 bits per heavy atom. The third-order valence-corrected chi connectivity index (χ3v) is 7.22. The maximum atomic E-state index is 3.67. The molecule has 1 aromatic heterocycles. The van der Waals surface area contributed by atoms with E-state index in [1.807, 2.05) is 23.1 Å². The van der Waals surface area contributed by atoms with Gasteiger partial charge in [0.1, 0.15) is 0 Å². The normalized spacial score (nSPS) is 12.5. The summed E-state index contributed by atoms with van der Waals surface area (Å²) in [7, 11) is 0. The Labute approximate surface area is 152 Å². The van der Waals surface area contributed by atoms with Gasteiger partial charge in [-0.15, -0.1) is 23.1 Å². The van der Waals surface area contributed by atoms with Gasteiger partial charge in [-0.05, 0) is 74.8 Å². The summed E-state index contributed by atoms with van der Waals surface area (Å²) in [5.41, 5.74) is 0. The summed E-state index contributed by atoms with van der Waals surface area (Å²) in [6.45, 7) is 3.29. The number of nitrogens with one attached hydrogen (secondary N) is 1. The molecule has 2 rings (SSSR count). The molecule has 1 N–H and O–H groups in total. The number of halogens is 2. The molecule has 1 atom stereocenters. The highest BCUT2D eigenvalue weighted by Crippen LogP contribution is 2.29. The number of benzene rings is 1. The second-order valence-corrected chi connectivity index (χ2v) is 8.56. The molecule has 0 aliphatic rings. The molecule has 0 spiro atoms. The van der Waals surface area contributed by atoms with Gasteiger partial charge in [0, 0.05) is 30.5 Å². The number of thiophene rings is 1. The van der Waals surface area contributed by atoms with Gasteiger partial charge in [-0.3, -0.25) is 0 Å². The van der Waals surface area contributed by atoms with E-state index in [0.717, 1.165) is 18.7 Å². The minimum Gasteiger partial charge on any atom is -0.313 e. The van der Waals surface area contributed by atoms with E-state index in [1.165, 1.54) is 25.1 Å². The van der Waals surface area contributed by atoms with Crippen LogP contribution >= 0.6 is 55.0 Å². The van der Waals surface area contributed by atoms with Gasteiger partial charge in [-0.25, -0.2) is 0 Å². The summed E-state index contributed by atoms with van der Waals surface area (Å²) in [6.07, 6.45) is 2.25. The van der Waals surface area contributed by atoms with Crippen molar-refractivity contribution in [3.63, 3.8) is 0 Å². The second kappa shape index (κ2) is 9.36. The van der Waals surface area contributed by atoms with Crippen molar-refractivity contribution in [2.24, 2.45) is 0 Å². The molecule has 1 unspecified atom stereocenters. The molecule has 21 heavy (non-hydrogen) atoms. The molecule has 0 saturated heterocycles. The van der Waals surface area contributed by atoms with Gasteiger partial charge in [-0.2, -0.15) is 0 Å². The Morgan fingerprint density at radius 2 is 2.00 bits per heavy atom. The zero-order valence-electron chi connectivity index (χ0n) is 11.9. The van der Waals surface area contributed by atoms with Crippen molar-refractivity contribution in [2.75, 3.05) is 12.3 Å². The first-order chi connectivity index (χ1) is 10.2. The van der Waals surface area contributed by atoms with Crippen LogP contribution in [0, 0.1) is 0 Å². The highest BCUT2D eigenvalue weighted by atomic mass is 79.9. The van der Waals surface area contributed by atoms with Crippen molar-refractivity contribution in [2.45, 2.75) is 30.7 Å². The highest BCUT2D eigenvalue weighted by Gasteiger charge is 2.13. The maximum absolute atomic E-state index is 3.67. The average molecular weight is 449 g/mol. The van der Waals surface area contributed by atoms with Gasteiger partial charge >= 0.3 is 0 Å². The molecule has 2 aromatic rings. The number of thioether (sulfide) groups is 1. The lowest BCUT2D eigenvalue weighted by molar-refractivity contribution is 0.552. The number of hydrogen-bond donors (Lipinski definition) is 1. The molecule has 0 aliphatic heterocycles. The zero-order chi connectivity index (χ0) is 15.1. The summed E-state index contributed by atoms with van der Waals surface area (Å²) >= 11 is 11.0. The fourth-order valence-electron chi connectivity index (χ4n) is 1.99. The average Bonchev–Trinajstić information content (AvgIpc) is 2.88. The largest absolute Gasteiger partial charge is 0.313 e. The Morgan fingerprint density at radius 3 is 2.67 bits per heavy atom. The monoisotopic (exact) mass is 447 g/mol. The lowest BCUT2D eigenvalue weighted by Gasteiger charge is -2.18. The van der Waals surface area contributed by atoms with Crippen molar-refractivity contribution < 1.29 is 0 Å². The summed E-state index contributed by atoms with van der Waals surface area (Å²) < 4.78 is 2.42. The van der Waals surface area contributed by atoms with Crippen LogP contribution in [0.2, 0.25) is 0 Å². The molecule has 1 heterocycles. The molecule has 5 heteroatoms. The van der Waals surface area contributed by atoms with E-state index < -0.39 is 0 Å². The molecule has 0 fully saturated rings. The summed E-state index contributed by atoms with van der Waals surface area (Å²) in [6, 6.07) is 11.1. The number of hydrogen-bond acceptors (Lipinski definition) is 3. The molecule has 114 valence electrons. The van der Waals surface area contributed by atoms with E-state index >= 15 is 0 Å². The fourth-order valence-corrected chi connectivity index (χ4v) is 5.21. The summed E-state index contributed by atoms with van der Waals surface area (Å²) in [5.74, 6) is 1.08. The van der Waals surface area contributed by atoms with E-state index in [-0.39, 0.29) is 0 Å². The van der Waals surface area contributed by atoms with Crippen LogP contribution in [0.4, 0.5) is 0 Å². The van der Waals surface area contributed by atoms with Crippen molar-refractivity contribution in [1.82, 2.24) is 5.32 Å². The zero-order valence-corrected chi connectivity index (χ0v) is 16.7. The van der Waals surface area contributed by atoms with E-state index in [1.54, 1.807) is 0 Å². The third kappa shape index (κ3) is 5.71. The first-order valence-corrected chi connectivity index (χ1v) is 10.5. The SMILES string of the molecule is CCCNC(CSc1ccccc1Br)Cc1sccc1Br. The minimum absolute atomic E-state index is 0.497. The topological polar surface area (TPSA) is 12.0 Å². The standard InChI is InChI=1S/C16H19Br2NS2/c1-2-8-19-12(10-16-14(18)7-9-20-16)11-21-15-6-4-3-5-13(15)17/h3-7,9,12,19H,2,8,10-11H2,1H3. The van der Waals surface area contributed by atoms with Gasteiger partial charge in [0.15, 0.2) is 0 Å². The van der Waals surface area contributed by atoms with Gasteiger partial charge in [0.05, 0.1) is 0 Å². The molecular formula is C16H19Br2NS2. The van der Waals surface area contributed by atoms with Crippen LogP contribution in [0.25, 0.3) is 0 Å². The third-order valence-electron chi connectivity index (χ3n) is 3.08. The van der Waals surface area contributed by atoms with Gasteiger partial charge in [-0.1, -0.05) is 19.1 Å². The first kappa shape index (κ1) is 17.5. The van der Waals surface area contributed by atoms with Crippen LogP contribution in [-0.2, 0) is 6.42 Å². The Bertz CT molecular complexity index is 557. The predicted molar refractivity (Wildman–Crippen MR) is 103 cm³/mol. The van der Waals surface area contributed by atoms with Crippen LogP contribution in [0.1, 0.15) is 18.2 Å². The van der Waals surface area contributed by atoms with E-state index in [2.05, 4.69) is 79.8 Å². The second-order valence-electron chi connectivity index (χ2n) is 4.79. The molecule has 0 radical (unpaired) electrons. The molecule has 1 aromatic carbocycles. The Kier molecular flexibility index (Phi) is 7.82. The van der Waals surface area contributed by atoms with Crippen molar-refractivity contribution in [3.8, 4) is 0 Å². The Balaban J connectivity index is 1.96. The van der Waals surface area contributed by atoms with Gasteiger partial charge < -0.3 is 5.32 Å². The van der Waals surface area contributed by atoms with Crippen molar-refractivity contribution >= 4 is 55.0 Å². The van der Waals surface area contributed by atoms with Gasteiger partial charge in [0.2, 0.25) is 0 Å². The Hall–Kier alpha value is 0.190. The smallest absolute Gasteiger partial charge is 0.0314 e. The number of rotatable bonds is 8. The van der Waals surface area contributed by atoms with Crippen LogP contribution in [0.15, 0.2) is 49.6 Å². The van der Waals surface area contributed by atoms with E-state index in [4.69, 9.17) is 0 Å². The van der Waals surface area contributed by atoms with Crippen LogP contribution in [0.3, 0.4) is 0 Å². The quantitative estimate of drug-likeness (QED) is 0.498. The highest BCUT2D eigenvalue weighted by molar-refractivity contribution is 9.10. The lowest BCUT2D eigenvalue weighted by atomic mass is 10.2.